The van der Waals surface area contributed by atoms with Gasteiger partial charge in [0.25, 0.3) is 0 Å². The highest BCUT2D eigenvalue weighted by atomic mass is 17.3. The van der Waals surface area contributed by atoms with Gasteiger partial charge in [0.2, 0.25) is 11.6 Å². The van der Waals surface area contributed by atoms with Crippen molar-refractivity contribution in [3.63, 3.8) is 0 Å². The monoisotopic (exact) mass is 885 g/mol. The first-order chi connectivity index (χ1) is 29.3. The van der Waals surface area contributed by atoms with Crippen LogP contribution < -0.4 is 5.73 Å². The number of hydrogen-bond acceptors (Lipinski definition) is 15. The van der Waals surface area contributed by atoms with Crippen LogP contribution >= 0.6 is 0 Å². The first-order valence-electron chi connectivity index (χ1n) is 22.3. The van der Waals surface area contributed by atoms with E-state index < -0.39 is 59.4 Å². The zero-order valence-corrected chi connectivity index (χ0v) is 37.5. The molecule has 6 unspecified atom stereocenters. The number of carbonyl (C=O) groups is 3. The molecule has 4 bridgehead atoms. The van der Waals surface area contributed by atoms with Gasteiger partial charge in [-0.15, -0.1) is 0 Å². The summed E-state index contributed by atoms with van der Waals surface area (Å²) >= 11 is 0. The van der Waals surface area contributed by atoms with E-state index in [1.807, 2.05) is 20.8 Å². The van der Waals surface area contributed by atoms with E-state index >= 15 is 0 Å². The number of nitrogens with two attached hydrogens (primary N) is 1. The van der Waals surface area contributed by atoms with E-state index in [9.17, 15) is 19.5 Å². The van der Waals surface area contributed by atoms with Crippen molar-refractivity contribution in [1.29, 1.82) is 0 Å². The lowest BCUT2D eigenvalue weighted by Crippen LogP contribution is -2.70. The molecule has 8 saturated heterocycles. The molecule has 0 radical (unpaired) electrons. The molecule has 10 rings (SSSR count). The summed E-state index contributed by atoms with van der Waals surface area (Å²) in [5.41, 5.74) is 4.54. The van der Waals surface area contributed by atoms with Crippen LogP contribution in [-0.2, 0) is 62.4 Å². The summed E-state index contributed by atoms with van der Waals surface area (Å²) in [6.45, 7) is 17.7. The molecule has 0 aromatic heterocycles. The standard InChI is InChI=1S/C19H32O6.C17H29NO5.C4H4O4.C4H6O2/c1-5-13(20)10-21-16-12(3)15-7-6-11(2)14-8-9-18(4)23-17(22-16)19(14,15)25-24-18;1-10-4-5-13-11(2)14(19-9-8-18)20-15-17(13)12(10)6-7-16(3,21-15)22-23-17;5-3(6)1-2-4(7)8;1-2-3-4(5)6/h11-17,20H,5-10H2,1-4H3;10-15H,4-9,18H2,1-3H3;1-2H,(H,5,6)(H,7,8);2-3H,1H3,(H,5,6)/b;;2-1-;3-2-/t11-,12-,13?,14?,15?,16+,17?,18+,19-;10-,11-,12?,13?,14+,15-,16-,17-;;/m11../s1. The molecule has 2 aliphatic carbocycles. The molecular weight excluding hydrogens is 814 g/mol. The number of hydrogen-bond donors (Lipinski definition) is 5. The summed E-state index contributed by atoms with van der Waals surface area (Å²) in [6, 6.07) is 0. The van der Waals surface area contributed by atoms with Crippen molar-refractivity contribution in [3.05, 3.63) is 24.3 Å². The lowest BCUT2D eigenvalue weighted by molar-refractivity contribution is -0.577. The number of carboxylic acids is 3. The number of carboxylic acid groups (broad SMARTS) is 3. The van der Waals surface area contributed by atoms with Crippen LogP contribution in [0.25, 0.3) is 0 Å². The first kappa shape index (κ1) is 50.4. The maximum atomic E-state index is 9.85. The highest BCUT2D eigenvalue weighted by Gasteiger charge is 2.71. The highest BCUT2D eigenvalue weighted by molar-refractivity contribution is 5.89. The Morgan fingerprint density at radius 1 is 0.677 bits per heavy atom. The quantitative estimate of drug-likeness (QED) is 0.134. The number of aliphatic hydroxyl groups excluding tert-OH is 1. The van der Waals surface area contributed by atoms with E-state index in [2.05, 4.69) is 27.7 Å². The Bertz CT molecular complexity index is 1560. The lowest BCUT2D eigenvalue weighted by Gasteiger charge is -2.60. The topological polar surface area (TPSA) is 250 Å². The molecule has 2 spiro atoms. The van der Waals surface area contributed by atoms with E-state index in [-0.39, 0.29) is 36.9 Å². The fourth-order valence-corrected chi connectivity index (χ4v) is 10.9. The molecule has 10 fully saturated rings. The van der Waals surface area contributed by atoms with Crippen molar-refractivity contribution in [1.82, 2.24) is 0 Å². The number of aliphatic hydroxyl groups is 1. The summed E-state index contributed by atoms with van der Waals surface area (Å²) in [5, 5.41) is 33.3. The minimum atomic E-state index is -1.26. The van der Waals surface area contributed by atoms with Crippen LogP contribution in [0.1, 0.15) is 113 Å². The van der Waals surface area contributed by atoms with E-state index in [0.717, 1.165) is 44.6 Å². The fourth-order valence-electron chi connectivity index (χ4n) is 10.9. The molecule has 8 heterocycles. The molecule has 6 N–H and O–H groups in total. The van der Waals surface area contributed by atoms with Crippen molar-refractivity contribution in [3.8, 4) is 0 Å². The second-order valence-corrected chi connectivity index (χ2v) is 18.5. The Labute approximate surface area is 364 Å². The average Bonchev–Trinajstić information content (AvgIpc) is 3.60. The van der Waals surface area contributed by atoms with Gasteiger partial charge in [-0.25, -0.2) is 33.9 Å². The molecule has 8 aliphatic heterocycles. The number of rotatable bonds is 10. The van der Waals surface area contributed by atoms with Crippen molar-refractivity contribution in [2.24, 2.45) is 53.1 Å². The van der Waals surface area contributed by atoms with E-state index in [1.165, 1.54) is 18.9 Å². The summed E-state index contributed by atoms with van der Waals surface area (Å²) < 4.78 is 36.9. The van der Waals surface area contributed by atoms with Crippen LogP contribution in [0.5, 0.6) is 0 Å². The van der Waals surface area contributed by atoms with Gasteiger partial charge < -0.3 is 54.6 Å². The maximum Gasteiger partial charge on any atom is 0.328 e. The summed E-state index contributed by atoms with van der Waals surface area (Å²) in [6.07, 6.45) is 10.5. The molecule has 18 nitrogen and oxygen atoms in total. The highest BCUT2D eigenvalue weighted by Crippen LogP contribution is 2.62. The molecule has 0 amide bonds. The van der Waals surface area contributed by atoms with Gasteiger partial charge in [0.15, 0.2) is 36.4 Å². The van der Waals surface area contributed by atoms with Crippen molar-refractivity contribution >= 4 is 17.9 Å². The third kappa shape index (κ3) is 10.7. The first-order valence-corrected chi connectivity index (χ1v) is 22.3. The molecule has 0 aromatic rings. The third-order valence-electron chi connectivity index (χ3n) is 14.2. The van der Waals surface area contributed by atoms with E-state index in [1.54, 1.807) is 6.92 Å². The van der Waals surface area contributed by atoms with Gasteiger partial charge >= 0.3 is 17.9 Å². The van der Waals surface area contributed by atoms with Crippen LogP contribution in [0.15, 0.2) is 24.3 Å². The summed E-state index contributed by atoms with van der Waals surface area (Å²) in [7, 11) is 0. The molecule has 354 valence electrons. The van der Waals surface area contributed by atoms with Gasteiger partial charge in [0.05, 0.1) is 19.3 Å². The molecule has 0 aromatic carbocycles. The SMILES string of the molecule is C/C=C\C(=O)O.CCC(O)CO[C@H]1OC2O[C@]3(C)CCC4[C@H](C)CCC([C@H]1C)[C@@]24OO3.C[C@@H]1CCC2[C@@H](C)[C@@H](OCCN)O[C@@H]3O[C@@]4(C)CCC1[C@@]23OO4.O=C(O)/C=C\C(=O)O. The minimum absolute atomic E-state index is 0.157. The molecular formula is C44H71NO17. The van der Waals surface area contributed by atoms with Crippen LogP contribution in [0, 0.1) is 47.3 Å². The van der Waals surface area contributed by atoms with Gasteiger partial charge in [0.1, 0.15) is 0 Å². The van der Waals surface area contributed by atoms with Crippen molar-refractivity contribution in [2.45, 2.75) is 167 Å². The number of allylic oxidation sites excluding steroid dienone is 1. The summed E-state index contributed by atoms with van der Waals surface area (Å²) in [5.74, 6) is -2.03. The van der Waals surface area contributed by atoms with Crippen LogP contribution in [0.3, 0.4) is 0 Å². The Hall–Kier alpha value is -2.59. The largest absolute Gasteiger partial charge is 0.478 e. The number of aliphatic carboxylic acids is 3. The van der Waals surface area contributed by atoms with Gasteiger partial charge in [-0.1, -0.05) is 40.7 Å². The second kappa shape index (κ2) is 21.1. The number of fused-ring (bicyclic) bond motifs is 4. The third-order valence-corrected chi connectivity index (χ3v) is 14.2. The predicted molar refractivity (Wildman–Crippen MR) is 218 cm³/mol. The molecule has 10 aliphatic rings. The number of ether oxygens (including phenoxy) is 6. The smallest absolute Gasteiger partial charge is 0.328 e. The Morgan fingerprint density at radius 3 is 1.48 bits per heavy atom. The van der Waals surface area contributed by atoms with Crippen LogP contribution in [0.2, 0.25) is 0 Å². The average molecular weight is 886 g/mol. The zero-order chi connectivity index (χ0) is 45.6. The molecule has 17 atom stereocenters. The molecule has 2 saturated carbocycles. The van der Waals surface area contributed by atoms with Gasteiger partial charge in [-0.2, -0.15) is 0 Å². The molecule has 62 heavy (non-hydrogen) atoms. The van der Waals surface area contributed by atoms with Gasteiger partial charge in [-0.05, 0) is 89.4 Å². The van der Waals surface area contributed by atoms with E-state index in [0.29, 0.717) is 61.3 Å². The second-order valence-electron chi connectivity index (χ2n) is 18.5. The maximum absolute atomic E-state index is 9.85. The van der Waals surface area contributed by atoms with Crippen molar-refractivity contribution in [2.75, 3.05) is 19.8 Å². The van der Waals surface area contributed by atoms with Crippen LogP contribution in [0.4, 0.5) is 0 Å². The zero-order valence-electron chi connectivity index (χ0n) is 37.5. The van der Waals surface area contributed by atoms with Crippen molar-refractivity contribution < 1.29 is 82.8 Å². The fraction of sp³-hybridized carbons (Fsp3) is 0.841. The van der Waals surface area contributed by atoms with Gasteiger partial charge in [-0.3, -0.25) is 0 Å². The minimum Gasteiger partial charge on any atom is -0.478 e. The Kier molecular flexibility index (Phi) is 17.2. The lowest BCUT2D eigenvalue weighted by atomic mass is 9.58. The van der Waals surface area contributed by atoms with E-state index in [4.69, 9.17) is 69.0 Å². The Balaban J connectivity index is 0.000000181. The van der Waals surface area contributed by atoms with Gasteiger partial charge in [0, 0.05) is 61.3 Å². The molecule has 18 heteroatoms. The normalized spacial score (nSPS) is 44.1. The van der Waals surface area contributed by atoms with Crippen LogP contribution in [-0.4, -0.2) is 112 Å². The summed E-state index contributed by atoms with van der Waals surface area (Å²) in [4.78, 5) is 52.4. The predicted octanol–water partition coefficient (Wildman–Crippen LogP) is 5.51. The Morgan fingerprint density at radius 2 is 1.11 bits per heavy atom.